The SMILES string of the molecule is c1ccc(-c2ccc(-c3cccc4c3oc3c(-c5ccc6c7ccccc7c7ccccc7c6c5)cccc34)cc2)cc1. The zero-order chi connectivity index (χ0) is 28.3. The van der Waals surface area contributed by atoms with E-state index in [1.165, 1.54) is 43.4 Å². The fraction of sp³-hybridized carbons (Fsp3) is 0. The molecule has 0 atom stereocenters. The average Bonchev–Trinajstić information content (AvgIpc) is 3.48. The van der Waals surface area contributed by atoms with Crippen LogP contribution in [0, 0.1) is 0 Å². The zero-order valence-corrected chi connectivity index (χ0v) is 23.4. The molecule has 0 aliphatic carbocycles. The maximum atomic E-state index is 6.81. The second-order valence-electron chi connectivity index (χ2n) is 11.3. The van der Waals surface area contributed by atoms with Crippen LogP contribution >= 0.6 is 0 Å². The summed E-state index contributed by atoms with van der Waals surface area (Å²) >= 11 is 0. The Bertz CT molecular complexity index is 2450. The topological polar surface area (TPSA) is 13.1 Å². The van der Waals surface area contributed by atoms with E-state index in [0.717, 1.165) is 44.2 Å². The fourth-order valence-electron chi connectivity index (χ4n) is 6.82. The molecule has 0 saturated heterocycles. The monoisotopic (exact) mass is 546 g/mol. The number of fused-ring (bicyclic) bond motifs is 9. The summed E-state index contributed by atoms with van der Waals surface area (Å²) < 4.78 is 6.81. The van der Waals surface area contributed by atoms with Crippen molar-refractivity contribution in [2.75, 3.05) is 0 Å². The zero-order valence-electron chi connectivity index (χ0n) is 23.4. The molecular weight excluding hydrogens is 520 g/mol. The van der Waals surface area contributed by atoms with E-state index in [1.54, 1.807) is 0 Å². The van der Waals surface area contributed by atoms with Crippen molar-refractivity contribution in [3.8, 4) is 33.4 Å². The molecule has 200 valence electrons. The van der Waals surface area contributed by atoms with Crippen molar-refractivity contribution >= 4 is 54.3 Å². The third-order valence-electron chi connectivity index (χ3n) is 8.88. The van der Waals surface area contributed by atoms with Gasteiger partial charge in [-0.15, -0.1) is 0 Å². The largest absolute Gasteiger partial charge is 0.455 e. The Hall–Kier alpha value is -5.66. The predicted molar refractivity (Wildman–Crippen MR) is 183 cm³/mol. The van der Waals surface area contributed by atoms with Crippen molar-refractivity contribution in [1.29, 1.82) is 0 Å². The number of furan rings is 1. The summed E-state index contributed by atoms with van der Waals surface area (Å²) in [7, 11) is 0. The molecule has 0 spiro atoms. The number of hydrogen-bond acceptors (Lipinski definition) is 1. The van der Waals surface area contributed by atoms with Crippen molar-refractivity contribution < 1.29 is 4.42 Å². The van der Waals surface area contributed by atoms with Gasteiger partial charge in [-0.2, -0.15) is 0 Å². The molecule has 1 aromatic heterocycles. The highest BCUT2D eigenvalue weighted by Crippen LogP contribution is 2.42. The van der Waals surface area contributed by atoms with Gasteiger partial charge in [0, 0.05) is 21.9 Å². The molecule has 9 rings (SSSR count). The molecule has 0 amide bonds. The summed E-state index contributed by atoms with van der Waals surface area (Å²) in [5.41, 5.74) is 8.80. The molecule has 1 heterocycles. The summed E-state index contributed by atoms with van der Waals surface area (Å²) in [5, 5.41) is 9.95. The van der Waals surface area contributed by atoms with E-state index in [-0.39, 0.29) is 0 Å². The van der Waals surface area contributed by atoms with Gasteiger partial charge in [-0.25, -0.2) is 0 Å². The van der Waals surface area contributed by atoms with Crippen molar-refractivity contribution in [2.24, 2.45) is 0 Å². The normalized spacial score (nSPS) is 11.7. The first-order chi connectivity index (χ1) is 21.3. The summed E-state index contributed by atoms with van der Waals surface area (Å²) in [6.45, 7) is 0. The Morgan fingerprint density at radius 2 is 0.674 bits per heavy atom. The highest BCUT2D eigenvalue weighted by Gasteiger charge is 2.17. The predicted octanol–water partition coefficient (Wildman–Crippen LogP) is 12.0. The van der Waals surface area contributed by atoms with Gasteiger partial charge in [0.25, 0.3) is 0 Å². The first-order valence-electron chi connectivity index (χ1n) is 14.8. The van der Waals surface area contributed by atoms with Crippen LogP contribution in [-0.2, 0) is 0 Å². The van der Waals surface area contributed by atoms with Crippen LogP contribution < -0.4 is 0 Å². The van der Waals surface area contributed by atoms with Crippen LogP contribution in [0.4, 0.5) is 0 Å². The van der Waals surface area contributed by atoms with E-state index >= 15 is 0 Å². The first kappa shape index (κ1) is 24.0. The fourth-order valence-corrected chi connectivity index (χ4v) is 6.82. The molecule has 0 N–H and O–H groups in total. The lowest BCUT2D eigenvalue weighted by Gasteiger charge is -2.12. The average molecular weight is 547 g/mol. The van der Waals surface area contributed by atoms with Gasteiger partial charge in [-0.3, -0.25) is 0 Å². The van der Waals surface area contributed by atoms with Gasteiger partial charge >= 0.3 is 0 Å². The van der Waals surface area contributed by atoms with Crippen molar-refractivity contribution in [3.63, 3.8) is 0 Å². The van der Waals surface area contributed by atoms with Crippen LogP contribution in [0.5, 0.6) is 0 Å². The molecule has 1 nitrogen and oxygen atoms in total. The smallest absolute Gasteiger partial charge is 0.143 e. The van der Waals surface area contributed by atoms with Crippen LogP contribution in [-0.4, -0.2) is 0 Å². The van der Waals surface area contributed by atoms with Gasteiger partial charge in [0.2, 0.25) is 0 Å². The number of benzene rings is 8. The van der Waals surface area contributed by atoms with E-state index < -0.39 is 0 Å². The highest BCUT2D eigenvalue weighted by molar-refractivity contribution is 6.26. The van der Waals surface area contributed by atoms with Crippen LogP contribution in [0.15, 0.2) is 162 Å². The standard InChI is InChI=1S/C42H26O/c1-2-10-27(11-3-1)28-20-22-29(23-21-28)31-16-8-18-38-39-19-9-17-32(42(39)43-41(31)38)30-24-25-37-35-14-5-4-12-33(35)34-13-6-7-15-36(34)40(37)26-30/h1-26H. The van der Waals surface area contributed by atoms with Crippen molar-refractivity contribution in [2.45, 2.75) is 0 Å². The Balaban J connectivity index is 1.23. The second-order valence-corrected chi connectivity index (χ2v) is 11.3. The molecule has 1 heteroatoms. The lowest BCUT2D eigenvalue weighted by Crippen LogP contribution is -1.85. The number of rotatable bonds is 3. The van der Waals surface area contributed by atoms with E-state index in [9.17, 15) is 0 Å². The minimum absolute atomic E-state index is 0.926. The minimum Gasteiger partial charge on any atom is -0.455 e. The number of hydrogen-bond donors (Lipinski definition) is 0. The van der Waals surface area contributed by atoms with Gasteiger partial charge in [-0.05, 0) is 60.6 Å². The summed E-state index contributed by atoms with van der Waals surface area (Å²) in [5.74, 6) is 0. The van der Waals surface area contributed by atoms with Gasteiger partial charge in [0.15, 0.2) is 0 Å². The lowest BCUT2D eigenvalue weighted by molar-refractivity contribution is 0.671. The van der Waals surface area contributed by atoms with E-state index in [0.29, 0.717) is 0 Å². The third-order valence-corrected chi connectivity index (χ3v) is 8.88. The quantitative estimate of drug-likeness (QED) is 0.201. The Morgan fingerprint density at radius 1 is 0.256 bits per heavy atom. The molecular formula is C42H26O. The Kier molecular flexibility index (Phi) is 5.27. The second kappa shape index (κ2) is 9.44. The minimum atomic E-state index is 0.926. The van der Waals surface area contributed by atoms with Crippen LogP contribution in [0.2, 0.25) is 0 Å². The van der Waals surface area contributed by atoms with Crippen LogP contribution in [0.1, 0.15) is 0 Å². The molecule has 0 aliphatic rings. The summed E-state index contributed by atoms with van der Waals surface area (Å²) in [4.78, 5) is 0. The molecule has 9 aromatic rings. The van der Waals surface area contributed by atoms with Gasteiger partial charge in [-0.1, -0.05) is 152 Å². The molecule has 0 aliphatic heterocycles. The maximum Gasteiger partial charge on any atom is 0.143 e. The first-order valence-corrected chi connectivity index (χ1v) is 14.8. The maximum absolute atomic E-state index is 6.81. The lowest BCUT2D eigenvalue weighted by atomic mass is 9.92. The van der Waals surface area contributed by atoms with Gasteiger partial charge < -0.3 is 4.42 Å². The van der Waals surface area contributed by atoms with E-state index in [2.05, 4.69) is 158 Å². The van der Waals surface area contributed by atoms with Crippen molar-refractivity contribution in [3.05, 3.63) is 158 Å². The van der Waals surface area contributed by atoms with Crippen LogP contribution in [0.25, 0.3) is 87.6 Å². The van der Waals surface area contributed by atoms with Crippen molar-refractivity contribution in [1.82, 2.24) is 0 Å². The summed E-state index contributed by atoms with van der Waals surface area (Å²) in [6.07, 6.45) is 0. The third kappa shape index (κ3) is 3.72. The molecule has 0 radical (unpaired) electrons. The Morgan fingerprint density at radius 3 is 1.28 bits per heavy atom. The molecule has 0 saturated carbocycles. The van der Waals surface area contributed by atoms with Gasteiger partial charge in [0.05, 0.1) is 0 Å². The van der Waals surface area contributed by atoms with Gasteiger partial charge in [0.1, 0.15) is 11.2 Å². The Labute approximate surface area is 249 Å². The van der Waals surface area contributed by atoms with E-state index in [4.69, 9.17) is 4.42 Å². The molecule has 8 aromatic carbocycles. The highest BCUT2D eigenvalue weighted by atomic mass is 16.3. The van der Waals surface area contributed by atoms with Crippen LogP contribution in [0.3, 0.4) is 0 Å². The molecule has 0 fully saturated rings. The molecule has 0 unspecified atom stereocenters. The summed E-state index contributed by atoms with van der Waals surface area (Å²) in [6, 6.07) is 56.6. The van der Waals surface area contributed by atoms with E-state index in [1.807, 2.05) is 0 Å². The molecule has 0 bridgehead atoms. The number of para-hydroxylation sites is 2. The molecule has 43 heavy (non-hydrogen) atoms.